The molecule has 0 amide bonds. The van der Waals surface area contributed by atoms with Gasteiger partial charge in [0, 0.05) is 11.8 Å². The lowest BCUT2D eigenvalue weighted by molar-refractivity contribution is 0.104. The molecular weight excluding hydrogens is 212 g/mol. The maximum atomic E-state index is 12.3. The molecule has 82 valence electrons. The number of ketones is 1. The first-order chi connectivity index (χ1) is 8.36. The van der Waals surface area contributed by atoms with Gasteiger partial charge < -0.3 is 0 Å². The summed E-state index contributed by atoms with van der Waals surface area (Å²) in [5.74, 6) is -0.00412. The van der Waals surface area contributed by atoms with E-state index in [1.54, 1.807) is 12.4 Å². The van der Waals surface area contributed by atoms with Gasteiger partial charge in [0.05, 0.1) is 11.8 Å². The Kier molecular flexibility index (Phi) is 2.22. The number of carbonyl (C=O) groups is 1. The van der Waals surface area contributed by atoms with Crippen LogP contribution in [0.15, 0.2) is 54.9 Å². The van der Waals surface area contributed by atoms with Crippen molar-refractivity contribution in [3.63, 3.8) is 0 Å². The summed E-state index contributed by atoms with van der Waals surface area (Å²) in [6.45, 7) is 0. The molecule has 0 atom stereocenters. The number of hydrogen-bond donors (Lipinski definition) is 1. The SMILES string of the molecule is O=C(c1cn[nH]c1)c1cccc2ccccc12. The average Bonchev–Trinajstić information content (AvgIpc) is 2.91. The van der Waals surface area contributed by atoms with Crippen LogP contribution < -0.4 is 0 Å². The van der Waals surface area contributed by atoms with E-state index in [9.17, 15) is 4.79 Å². The van der Waals surface area contributed by atoms with Crippen molar-refractivity contribution in [2.45, 2.75) is 0 Å². The van der Waals surface area contributed by atoms with Gasteiger partial charge in [-0.15, -0.1) is 0 Å². The molecule has 1 heterocycles. The summed E-state index contributed by atoms with van der Waals surface area (Å²) in [6.07, 6.45) is 3.16. The van der Waals surface area contributed by atoms with Crippen molar-refractivity contribution in [1.82, 2.24) is 10.2 Å². The van der Waals surface area contributed by atoms with E-state index in [4.69, 9.17) is 0 Å². The van der Waals surface area contributed by atoms with Crippen LogP contribution in [0.2, 0.25) is 0 Å². The molecule has 0 saturated heterocycles. The monoisotopic (exact) mass is 222 g/mol. The first kappa shape index (κ1) is 9.78. The van der Waals surface area contributed by atoms with Crippen LogP contribution in [-0.4, -0.2) is 16.0 Å². The number of hydrogen-bond acceptors (Lipinski definition) is 2. The number of aromatic nitrogens is 2. The fourth-order valence-electron chi connectivity index (χ4n) is 1.95. The van der Waals surface area contributed by atoms with Crippen molar-refractivity contribution in [1.29, 1.82) is 0 Å². The standard InChI is InChI=1S/C14H10N2O/c17-14(11-8-15-16-9-11)13-7-3-5-10-4-1-2-6-12(10)13/h1-9H,(H,15,16). The number of nitrogens with zero attached hydrogens (tertiary/aromatic N) is 1. The summed E-state index contributed by atoms with van der Waals surface area (Å²) in [5, 5.41) is 8.51. The van der Waals surface area contributed by atoms with Crippen molar-refractivity contribution >= 4 is 16.6 Å². The van der Waals surface area contributed by atoms with Gasteiger partial charge in [0.1, 0.15) is 0 Å². The predicted octanol–water partition coefficient (Wildman–Crippen LogP) is 2.79. The Bertz CT molecular complexity index is 666. The van der Waals surface area contributed by atoms with E-state index in [2.05, 4.69) is 10.2 Å². The summed E-state index contributed by atoms with van der Waals surface area (Å²) >= 11 is 0. The molecule has 3 heteroatoms. The average molecular weight is 222 g/mol. The number of H-pyrrole nitrogens is 1. The minimum Gasteiger partial charge on any atom is -0.288 e. The maximum absolute atomic E-state index is 12.3. The molecule has 0 bridgehead atoms. The molecule has 17 heavy (non-hydrogen) atoms. The number of nitrogens with one attached hydrogen (secondary N) is 1. The zero-order valence-corrected chi connectivity index (χ0v) is 9.05. The summed E-state index contributed by atoms with van der Waals surface area (Å²) in [6, 6.07) is 13.6. The molecule has 3 nitrogen and oxygen atoms in total. The number of carbonyl (C=O) groups excluding carboxylic acids is 1. The van der Waals surface area contributed by atoms with Gasteiger partial charge in [0.2, 0.25) is 0 Å². The lowest BCUT2D eigenvalue weighted by atomic mass is 9.99. The zero-order chi connectivity index (χ0) is 11.7. The third-order valence-corrected chi connectivity index (χ3v) is 2.79. The minimum atomic E-state index is -0.00412. The molecule has 1 N–H and O–H groups in total. The maximum Gasteiger partial charge on any atom is 0.196 e. The van der Waals surface area contributed by atoms with Gasteiger partial charge in [-0.05, 0) is 10.8 Å². The topological polar surface area (TPSA) is 45.8 Å². The van der Waals surface area contributed by atoms with E-state index in [1.807, 2.05) is 42.5 Å². The summed E-state index contributed by atoms with van der Waals surface area (Å²) < 4.78 is 0. The molecule has 2 aromatic carbocycles. The Hall–Kier alpha value is -2.42. The number of benzene rings is 2. The van der Waals surface area contributed by atoms with Crippen LogP contribution in [-0.2, 0) is 0 Å². The summed E-state index contributed by atoms with van der Waals surface area (Å²) in [7, 11) is 0. The van der Waals surface area contributed by atoms with E-state index in [-0.39, 0.29) is 5.78 Å². The fraction of sp³-hybridized carbons (Fsp3) is 0. The van der Waals surface area contributed by atoms with E-state index in [1.165, 1.54) is 0 Å². The quantitative estimate of drug-likeness (QED) is 0.677. The van der Waals surface area contributed by atoms with Crippen molar-refractivity contribution in [3.8, 4) is 0 Å². The molecule has 3 rings (SSSR count). The molecule has 1 aromatic heterocycles. The molecule has 3 aromatic rings. The number of aromatic amines is 1. The lowest BCUT2D eigenvalue weighted by Gasteiger charge is -2.03. The fourth-order valence-corrected chi connectivity index (χ4v) is 1.95. The second-order valence-corrected chi connectivity index (χ2v) is 3.84. The normalized spacial score (nSPS) is 10.6. The van der Waals surface area contributed by atoms with Gasteiger partial charge in [0.15, 0.2) is 5.78 Å². The molecule has 0 radical (unpaired) electrons. The lowest BCUT2D eigenvalue weighted by Crippen LogP contribution is -2.00. The second kappa shape index (κ2) is 3.87. The highest BCUT2D eigenvalue weighted by molar-refractivity contribution is 6.16. The number of rotatable bonds is 2. The molecule has 0 aliphatic rings. The van der Waals surface area contributed by atoms with E-state index in [0.29, 0.717) is 11.1 Å². The van der Waals surface area contributed by atoms with Gasteiger partial charge in [0.25, 0.3) is 0 Å². The Labute approximate surface area is 98.1 Å². The molecule has 0 saturated carbocycles. The Morgan fingerprint density at radius 2 is 1.88 bits per heavy atom. The smallest absolute Gasteiger partial charge is 0.196 e. The third-order valence-electron chi connectivity index (χ3n) is 2.79. The van der Waals surface area contributed by atoms with Crippen molar-refractivity contribution in [2.24, 2.45) is 0 Å². The summed E-state index contributed by atoms with van der Waals surface area (Å²) in [4.78, 5) is 12.3. The molecular formula is C14H10N2O. The second-order valence-electron chi connectivity index (χ2n) is 3.84. The molecule has 0 aliphatic heterocycles. The van der Waals surface area contributed by atoms with Crippen molar-refractivity contribution < 1.29 is 4.79 Å². The Balaban J connectivity index is 2.21. The van der Waals surface area contributed by atoms with E-state index >= 15 is 0 Å². The largest absolute Gasteiger partial charge is 0.288 e. The van der Waals surface area contributed by atoms with Crippen LogP contribution in [0, 0.1) is 0 Å². The van der Waals surface area contributed by atoms with Gasteiger partial charge in [-0.25, -0.2) is 0 Å². The van der Waals surface area contributed by atoms with Gasteiger partial charge >= 0.3 is 0 Å². The first-order valence-corrected chi connectivity index (χ1v) is 5.37. The van der Waals surface area contributed by atoms with Gasteiger partial charge in [-0.1, -0.05) is 42.5 Å². The van der Waals surface area contributed by atoms with Gasteiger partial charge in [-0.3, -0.25) is 9.89 Å². The molecule has 0 spiro atoms. The Morgan fingerprint density at radius 3 is 2.71 bits per heavy atom. The first-order valence-electron chi connectivity index (χ1n) is 5.37. The van der Waals surface area contributed by atoms with Crippen LogP contribution in [0.5, 0.6) is 0 Å². The predicted molar refractivity (Wildman–Crippen MR) is 66.0 cm³/mol. The third kappa shape index (κ3) is 1.61. The summed E-state index contributed by atoms with van der Waals surface area (Å²) in [5.41, 5.74) is 1.30. The van der Waals surface area contributed by atoms with Crippen LogP contribution in [0.25, 0.3) is 10.8 Å². The molecule has 0 fully saturated rings. The van der Waals surface area contributed by atoms with Crippen LogP contribution in [0.3, 0.4) is 0 Å². The zero-order valence-electron chi connectivity index (χ0n) is 9.05. The highest BCUT2D eigenvalue weighted by Gasteiger charge is 2.12. The molecule has 0 unspecified atom stereocenters. The minimum absolute atomic E-state index is 0.00412. The van der Waals surface area contributed by atoms with Crippen molar-refractivity contribution in [3.05, 3.63) is 66.0 Å². The van der Waals surface area contributed by atoms with Crippen molar-refractivity contribution in [2.75, 3.05) is 0 Å². The van der Waals surface area contributed by atoms with Crippen LogP contribution in [0.4, 0.5) is 0 Å². The van der Waals surface area contributed by atoms with Crippen LogP contribution in [0.1, 0.15) is 15.9 Å². The Morgan fingerprint density at radius 1 is 1.06 bits per heavy atom. The van der Waals surface area contributed by atoms with E-state index in [0.717, 1.165) is 10.8 Å². The highest BCUT2D eigenvalue weighted by atomic mass is 16.1. The molecule has 0 aliphatic carbocycles. The van der Waals surface area contributed by atoms with Crippen LogP contribution >= 0.6 is 0 Å². The van der Waals surface area contributed by atoms with Gasteiger partial charge in [-0.2, -0.15) is 5.10 Å². The number of fused-ring (bicyclic) bond motifs is 1. The van der Waals surface area contributed by atoms with E-state index < -0.39 is 0 Å². The highest BCUT2D eigenvalue weighted by Crippen LogP contribution is 2.20.